The minimum Gasteiger partial charge on any atom is -0.396 e. The highest BCUT2D eigenvalue weighted by Gasteiger charge is 2.39. The molecule has 0 aromatic carbocycles. The maximum Gasteiger partial charge on any atom is 0.392 e. The number of hydrogen-bond donors (Lipinski definition) is 1. The summed E-state index contributed by atoms with van der Waals surface area (Å²) in [7, 11) is 0. The first kappa shape index (κ1) is 13.7. The fourth-order valence-electron chi connectivity index (χ4n) is 2.83. The predicted octanol–water partition coefficient (Wildman–Crippen LogP) is 3.99. The third-order valence-corrected chi connectivity index (χ3v) is 4.02. The lowest BCUT2D eigenvalue weighted by molar-refractivity contribution is -0.176. The van der Waals surface area contributed by atoms with Crippen molar-refractivity contribution in [2.24, 2.45) is 11.8 Å². The normalized spacial score (nSPS) is 29.8. The van der Waals surface area contributed by atoms with Gasteiger partial charge < -0.3 is 5.11 Å². The van der Waals surface area contributed by atoms with Crippen molar-refractivity contribution in [3.05, 3.63) is 23.3 Å². The maximum atomic E-state index is 12.6. The number of hydrogen-bond acceptors (Lipinski definition) is 1. The summed E-state index contributed by atoms with van der Waals surface area (Å²) in [6, 6.07) is 0. The van der Waals surface area contributed by atoms with E-state index in [1.807, 2.05) is 0 Å². The van der Waals surface area contributed by atoms with Crippen LogP contribution in [0.5, 0.6) is 0 Å². The average molecular weight is 260 g/mol. The van der Waals surface area contributed by atoms with E-state index in [0.717, 1.165) is 24.8 Å². The summed E-state index contributed by atoms with van der Waals surface area (Å²) < 4.78 is 37.7. The van der Waals surface area contributed by atoms with E-state index in [0.29, 0.717) is 6.42 Å². The molecular formula is C14H19F3O. The molecule has 102 valence electrons. The van der Waals surface area contributed by atoms with Crippen molar-refractivity contribution in [1.29, 1.82) is 0 Å². The number of rotatable bonds is 2. The number of allylic oxidation sites excluding steroid dienone is 4. The number of aliphatic hydroxyl groups excluding tert-OH is 1. The molecule has 2 aliphatic carbocycles. The maximum absolute atomic E-state index is 12.6. The minimum absolute atomic E-state index is 0.111. The fraction of sp³-hybridized carbons (Fsp3) is 0.714. The van der Waals surface area contributed by atoms with Crippen LogP contribution in [0.4, 0.5) is 13.2 Å². The van der Waals surface area contributed by atoms with Gasteiger partial charge in [0.15, 0.2) is 0 Å². The Morgan fingerprint density at radius 1 is 1.17 bits per heavy atom. The van der Waals surface area contributed by atoms with Gasteiger partial charge in [-0.25, -0.2) is 0 Å². The van der Waals surface area contributed by atoms with Crippen molar-refractivity contribution in [3.63, 3.8) is 0 Å². The second-order valence-electron chi connectivity index (χ2n) is 5.30. The van der Waals surface area contributed by atoms with Gasteiger partial charge in [0.1, 0.15) is 0 Å². The van der Waals surface area contributed by atoms with Gasteiger partial charge in [-0.05, 0) is 55.6 Å². The first-order chi connectivity index (χ1) is 8.50. The summed E-state index contributed by atoms with van der Waals surface area (Å²) in [5.74, 6) is -0.884. The molecular weight excluding hydrogens is 241 g/mol. The first-order valence-corrected chi connectivity index (χ1v) is 6.56. The van der Waals surface area contributed by atoms with Gasteiger partial charge in [-0.3, -0.25) is 0 Å². The second-order valence-corrected chi connectivity index (χ2v) is 5.30. The van der Waals surface area contributed by atoms with E-state index in [-0.39, 0.29) is 25.4 Å². The van der Waals surface area contributed by atoms with Gasteiger partial charge in [-0.15, -0.1) is 0 Å². The zero-order chi connectivity index (χ0) is 13.2. The third-order valence-electron chi connectivity index (χ3n) is 4.02. The Morgan fingerprint density at radius 3 is 2.50 bits per heavy atom. The Labute approximate surface area is 105 Å². The molecule has 0 spiro atoms. The molecule has 0 saturated heterocycles. The van der Waals surface area contributed by atoms with E-state index >= 15 is 0 Å². The molecule has 0 radical (unpaired) electrons. The molecule has 0 aliphatic heterocycles. The van der Waals surface area contributed by atoms with Crippen LogP contribution in [0, 0.1) is 11.8 Å². The highest BCUT2D eigenvalue weighted by molar-refractivity contribution is 5.33. The summed E-state index contributed by atoms with van der Waals surface area (Å²) in [4.78, 5) is 0. The van der Waals surface area contributed by atoms with Crippen molar-refractivity contribution in [2.75, 3.05) is 6.61 Å². The Morgan fingerprint density at radius 2 is 1.94 bits per heavy atom. The molecule has 2 atom stereocenters. The number of halogens is 3. The van der Waals surface area contributed by atoms with Crippen LogP contribution in [-0.2, 0) is 0 Å². The molecule has 1 unspecified atom stereocenters. The summed E-state index contributed by atoms with van der Waals surface area (Å²) in [6.07, 6.45) is 3.40. The molecule has 0 heterocycles. The summed E-state index contributed by atoms with van der Waals surface area (Å²) in [5, 5.41) is 9.16. The van der Waals surface area contributed by atoms with Crippen LogP contribution < -0.4 is 0 Å². The van der Waals surface area contributed by atoms with Crippen LogP contribution in [0.1, 0.15) is 38.5 Å². The smallest absolute Gasteiger partial charge is 0.392 e. The van der Waals surface area contributed by atoms with E-state index in [4.69, 9.17) is 5.11 Å². The number of aliphatic hydroxyl groups is 1. The van der Waals surface area contributed by atoms with Crippen molar-refractivity contribution in [1.82, 2.24) is 0 Å². The topological polar surface area (TPSA) is 20.2 Å². The van der Waals surface area contributed by atoms with Gasteiger partial charge in [-0.1, -0.05) is 12.2 Å². The monoisotopic (exact) mass is 260 g/mol. The fourth-order valence-corrected chi connectivity index (χ4v) is 2.83. The van der Waals surface area contributed by atoms with Crippen molar-refractivity contribution in [2.45, 2.75) is 44.7 Å². The summed E-state index contributed by atoms with van der Waals surface area (Å²) in [6.45, 7) is 0.176. The van der Waals surface area contributed by atoms with E-state index in [1.54, 1.807) is 6.08 Å². The molecule has 4 heteroatoms. The van der Waals surface area contributed by atoms with Crippen molar-refractivity contribution in [3.8, 4) is 0 Å². The lowest BCUT2D eigenvalue weighted by Gasteiger charge is -2.28. The zero-order valence-electron chi connectivity index (χ0n) is 10.3. The zero-order valence-corrected chi connectivity index (χ0v) is 10.3. The van der Waals surface area contributed by atoms with Crippen LogP contribution in [0.25, 0.3) is 0 Å². The molecule has 1 N–H and O–H groups in total. The van der Waals surface area contributed by atoms with E-state index in [2.05, 4.69) is 6.08 Å². The highest BCUT2D eigenvalue weighted by atomic mass is 19.4. The molecule has 1 nitrogen and oxygen atoms in total. The average Bonchev–Trinajstić information content (AvgIpc) is 2.38. The van der Waals surface area contributed by atoms with Crippen LogP contribution in [-0.4, -0.2) is 17.9 Å². The Bertz CT molecular complexity index is 355. The van der Waals surface area contributed by atoms with Crippen molar-refractivity contribution < 1.29 is 18.3 Å². The molecule has 2 rings (SSSR count). The lowest BCUT2D eigenvalue weighted by Crippen LogP contribution is -2.25. The van der Waals surface area contributed by atoms with E-state index in [1.165, 1.54) is 5.57 Å². The SMILES string of the molecule is OC[C@@H]1CCC=C(C2=CCC(C(F)(F)F)CC2)C1. The van der Waals surface area contributed by atoms with E-state index in [9.17, 15) is 13.2 Å². The van der Waals surface area contributed by atoms with Crippen LogP contribution >= 0.6 is 0 Å². The summed E-state index contributed by atoms with van der Waals surface area (Å²) >= 11 is 0. The van der Waals surface area contributed by atoms with E-state index < -0.39 is 12.1 Å². The molecule has 0 saturated carbocycles. The highest BCUT2D eigenvalue weighted by Crippen LogP contribution is 2.40. The van der Waals surface area contributed by atoms with Crippen LogP contribution in [0.2, 0.25) is 0 Å². The molecule has 18 heavy (non-hydrogen) atoms. The lowest BCUT2D eigenvalue weighted by atomic mass is 9.80. The first-order valence-electron chi connectivity index (χ1n) is 6.56. The molecule has 0 fully saturated rings. The largest absolute Gasteiger partial charge is 0.396 e. The van der Waals surface area contributed by atoms with Crippen LogP contribution in [0.3, 0.4) is 0 Å². The van der Waals surface area contributed by atoms with Crippen LogP contribution in [0.15, 0.2) is 23.3 Å². The molecule has 0 amide bonds. The predicted molar refractivity (Wildman–Crippen MR) is 64.0 cm³/mol. The molecule has 0 bridgehead atoms. The quantitative estimate of drug-likeness (QED) is 0.795. The van der Waals surface area contributed by atoms with Gasteiger partial charge in [0.25, 0.3) is 0 Å². The van der Waals surface area contributed by atoms with Gasteiger partial charge in [0.05, 0.1) is 5.92 Å². The van der Waals surface area contributed by atoms with Gasteiger partial charge in [0, 0.05) is 6.61 Å². The molecule has 0 aromatic heterocycles. The minimum atomic E-state index is -4.06. The Hall–Kier alpha value is -0.770. The Kier molecular flexibility index (Phi) is 4.15. The number of alkyl halides is 3. The van der Waals surface area contributed by atoms with Crippen molar-refractivity contribution >= 4 is 0 Å². The summed E-state index contributed by atoms with van der Waals surface area (Å²) in [5.41, 5.74) is 2.24. The van der Waals surface area contributed by atoms with Gasteiger partial charge >= 0.3 is 6.18 Å². The van der Waals surface area contributed by atoms with Gasteiger partial charge in [-0.2, -0.15) is 13.2 Å². The standard InChI is InChI=1S/C14H19F3O/c15-14(16,17)13-6-4-11(5-7-13)12-3-1-2-10(8-12)9-18/h3-4,10,13,18H,1-2,5-9H2/t10-,13?/m1/s1. The Balaban J connectivity index is 2.00. The van der Waals surface area contributed by atoms with Gasteiger partial charge in [0.2, 0.25) is 0 Å². The molecule has 0 aromatic rings. The third kappa shape index (κ3) is 3.16. The second kappa shape index (κ2) is 5.47. The molecule has 2 aliphatic rings.